The molecule has 0 radical (unpaired) electrons. The van der Waals surface area contributed by atoms with Crippen LogP contribution in [0.5, 0.6) is 5.75 Å². The van der Waals surface area contributed by atoms with E-state index in [4.69, 9.17) is 37.8 Å². The summed E-state index contributed by atoms with van der Waals surface area (Å²) in [5, 5.41) is 18.0. The molecule has 0 saturated carbocycles. The first-order valence-electron chi connectivity index (χ1n) is 20.5. The van der Waals surface area contributed by atoms with Crippen molar-refractivity contribution in [2.75, 3.05) is 44.8 Å². The Bertz CT molecular complexity index is 2610. The van der Waals surface area contributed by atoms with Crippen LogP contribution in [0.25, 0.3) is 32.9 Å². The minimum absolute atomic E-state index is 0.122. The van der Waals surface area contributed by atoms with Crippen LogP contribution in [-0.2, 0) is 25.3 Å². The predicted molar refractivity (Wildman–Crippen MR) is 236 cm³/mol. The number of rotatable bonds is 11. The Morgan fingerprint density at radius 1 is 1.02 bits per heavy atom. The summed E-state index contributed by atoms with van der Waals surface area (Å²) >= 11 is 13.7. The van der Waals surface area contributed by atoms with Crippen molar-refractivity contribution in [3.05, 3.63) is 85.9 Å². The summed E-state index contributed by atoms with van der Waals surface area (Å²) in [6.45, 7) is 15.7. The molecular weight excluding hydrogens is 787 g/mol. The number of aryl methyl sites for hydroxylation is 4. The van der Waals surface area contributed by atoms with Crippen molar-refractivity contribution in [2.24, 2.45) is 20.0 Å². The molecule has 11 nitrogen and oxygen atoms in total. The largest absolute Gasteiger partial charge is 0.491 e. The number of aromatic nitrogens is 4. The fourth-order valence-corrected chi connectivity index (χ4v) is 10.4. The van der Waals surface area contributed by atoms with Crippen LogP contribution in [0.15, 0.2) is 52.6 Å². The van der Waals surface area contributed by atoms with E-state index < -0.39 is 11.6 Å². The fourth-order valence-electron chi connectivity index (χ4n) is 10.0. The molecule has 1 fully saturated rings. The molecule has 2 aliphatic heterocycles. The highest BCUT2D eigenvalue weighted by atomic mass is 35.5. The molecule has 0 bridgehead atoms. The Labute approximate surface area is 355 Å². The third-order valence-electron chi connectivity index (χ3n) is 12.8. The van der Waals surface area contributed by atoms with Gasteiger partial charge in [-0.15, -0.1) is 0 Å². The zero-order chi connectivity index (χ0) is 42.2. The number of carbonyl (C=O) groups excluding carboxylic acids is 1. The number of amides is 1. The van der Waals surface area contributed by atoms with Crippen LogP contribution in [-0.4, -0.2) is 86.3 Å². The van der Waals surface area contributed by atoms with Gasteiger partial charge in [-0.05, 0) is 116 Å². The number of carboxylic acids is 1. The van der Waals surface area contributed by atoms with Crippen LogP contribution in [0.4, 0.5) is 5.69 Å². The molecule has 0 spiro atoms. The first-order chi connectivity index (χ1) is 28.0. The topological polar surface area (TPSA) is 107 Å². The molecule has 3 aliphatic rings. The predicted octanol–water partition coefficient (Wildman–Crippen LogP) is 9.62. The van der Waals surface area contributed by atoms with E-state index in [0.717, 1.165) is 74.7 Å². The molecule has 312 valence electrons. The van der Waals surface area contributed by atoms with E-state index in [0.29, 0.717) is 78.0 Å². The third-order valence-corrected chi connectivity index (χ3v) is 13.7. The molecule has 2 unspecified atom stereocenters. The molecule has 3 aromatic heterocycles. The maximum Gasteiger partial charge on any atom is 0.352 e. The normalized spacial score (nSPS) is 21.3. The highest BCUT2D eigenvalue weighted by Gasteiger charge is 2.38. The van der Waals surface area contributed by atoms with Gasteiger partial charge in [0.1, 0.15) is 17.1 Å². The van der Waals surface area contributed by atoms with Crippen molar-refractivity contribution in [1.82, 2.24) is 23.8 Å². The number of aromatic carboxylic acids is 1. The SMILES string of the molecule is CC1=CC(C)(OCCCc2c3n(c4c(-c5c(C)nn(C)c5C)c(Cl)ccc24)[C@H](C)CN(c2ccc(OCC4CCN(C)C4)c4c2cc(C(=O)O)n4C)C3=O)CC(C)=C1Cl. The Balaban J connectivity index is 1.23. The monoisotopic (exact) mass is 840 g/mol. The summed E-state index contributed by atoms with van der Waals surface area (Å²) in [5.74, 6) is -0.220. The van der Waals surface area contributed by atoms with Gasteiger partial charge in [0.15, 0.2) is 0 Å². The molecule has 3 atom stereocenters. The lowest BCUT2D eigenvalue weighted by atomic mass is 9.88. The molecule has 8 rings (SSSR count). The van der Waals surface area contributed by atoms with Crippen LogP contribution in [0.2, 0.25) is 5.02 Å². The van der Waals surface area contributed by atoms with Crippen LogP contribution in [0, 0.1) is 19.8 Å². The number of halogens is 2. The number of carboxylic acid groups (broad SMARTS) is 1. The number of hydrogen-bond donors (Lipinski definition) is 1. The smallest absolute Gasteiger partial charge is 0.352 e. The lowest BCUT2D eigenvalue weighted by molar-refractivity contribution is 0.00320. The van der Waals surface area contributed by atoms with Gasteiger partial charge in [0.05, 0.1) is 39.6 Å². The molecular formula is C46H54Cl2N6O5. The first-order valence-corrected chi connectivity index (χ1v) is 21.3. The van der Waals surface area contributed by atoms with Crippen molar-refractivity contribution >= 4 is 62.6 Å². The lowest BCUT2D eigenvalue weighted by Gasteiger charge is -2.35. The highest BCUT2D eigenvalue weighted by molar-refractivity contribution is 6.35. The quantitative estimate of drug-likeness (QED) is 0.132. The van der Waals surface area contributed by atoms with E-state index in [1.54, 1.807) is 17.7 Å². The van der Waals surface area contributed by atoms with Gasteiger partial charge in [0.25, 0.3) is 5.91 Å². The second-order valence-corrected chi connectivity index (χ2v) is 18.1. The highest BCUT2D eigenvalue weighted by Crippen LogP contribution is 2.46. The number of nitrogens with zero attached hydrogens (tertiary/aromatic N) is 6. The minimum atomic E-state index is -1.05. The lowest BCUT2D eigenvalue weighted by Crippen LogP contribution is -2.42. The maximum absolute atomic E-state index is 15.4. The van der Waals surface area contributed by atoms with Gasteiger partial charge in [-0.3, -0.25) is 9.48 Å². The molecule has 1 aliphatic carbocycles. The zero-order valence-corrected chi connectivity index (χ0v) is 37.0. The summed E-state index contributed by atoms with van der Waals surface area (Å²) in [6, 6.07) is 9.27. The van der Waals surface area contributed by atoms with E-state index in [9.17, 15) is 9.90 Å². The number of benzene rings is 2. The number of allylic oxidation sites excluding steroid dienone is 2. The summed E-state index contributed by atoms with van der Waals surface area (Å²) in [7, 11) is 5.79. The summed E-state index contributed by atoms with van der Waals surface area (Å²) < 4.78 is 18.8. The van der Waals surface area contributed by atoms with E-state index in [-0.39, 0.29) is 17.6 Å². The molecule has 5 heterocycles. The van der Waals surface area contributed by atoms with Crippen LogP contribution in [0.3, 0.4) is 0 Å². The zero-order valence-electron chi connectivity index (χ0n) is 35.5. The van der Waals surface area contributed by atoms with E-state index >= 15 is 4.79 Å². The average Bonchev–Trinajstić information content (AvgIpc) is 3.92. The molecule has 59 heavy (non-hydrogen) atoms. The second-order valence-electron chi connectivity index (χ2n) is 17.3. The van der Waals surface area contributed by atoms with E-state index in [2.05, 4.69) is 43.4 Å². The Hall–Kier alpha value is -4.55. The van der Waals surface area contributed by atoms with Gasteiger partial charge in [0.2, 0.25) is 0 Å². The van der Waals surface area contributed by atoms with Crippen LogP contribution in [0.1, 0.15) is 90.9 Å². The first kappa shape index (κ1) is 41.2. The standard InChI is InChI=1S/C46H54Cl2N6O5/c1-25-20-46(6,21-26(2)40(25)48)59-18-10-11-31-32-12-13-34(47)39(38-28(4)49-52(9)29(38)5)42(32)54-27(3)22-53(44(55)43(31)54)35-14-15-37(58-24-30-16-17-50(7)23-30)41-33(35)19-36(45(56)57)51(41)8/h12-15,19-20,27,30H,10-11,16-18,21-24H2,1-9H3,(H,56,57)/t27-,30?,46?/m1/s1. The Kier molecular flexibility index (Phi) is 10.8. The molecule has 1 saturated heterocycles. The number of fused-ring (bicyclic) bond motifs is 4. The van der Waals surface area contributed by atoms with E-state index in [1.807, 2.05) is 61.7 Å². The second kappa shape index (κ2) is 15.5. The number of likely N-dealkylation sites (tertiary alicyclic amines) is 1. The summed E-state index contributed by atoms with van der Waals surface area (Å²) in [4.78, 5) is 32.0. The van der Waals surface area contributed by atoms with Crippen LogP contribution >= 0.6 is 23.2 Å². The average molecular weight is 842 g/mol. The molecule has 1 amide bonds. The molecule has 2 aromatic carbocycles. The van der Waals surface area contributed by atoms with Crippen molar-refractivity contribution in [3.8, 4) is 16.9 Å². The summed E-state index contributed by atoms with van der Waals surface area (Å²) in [5.41, 5.74) is 9.16. The minimum Gasteiger partial charge on any atom is -0.491 e. The third kappa shape index (κ3) is 7.07. The Morgan fingerprint density at radius 3 is 2.44 bits per heavy atom. The van der Waals surface area contributed by atoms with Gasteiger partial charge >= 0.3 is 5.97 Å². The molecule has 1 N–H and O–H groups in total. The van der Waals surface area contributed by atoms with Crippen molar-refractivity contribution in [2.45, 2.75) is 78.9 Å². The number of anilines is 1. The maximum atomic E-state index is 15.4. The van der Waals surface area contributed by atoms with Gasteiger partial charge in [0, 0.05) is 84.8 Å². The molecule has 13 heteroatoms. The van der Waals surface area contributed by atoms with Crippen molar-refractivity contribution in [3.63, 3.8) is 0 Å². The van der Waals surface area contributed by atoms with Gasteiger partial charge in [-0.1, -0.05) is 34.8 Å². The summed E-state index contributed by atoms with van der Waals surface area (Å²) in [6.07, 6.45) is 5.12. The Morgan fingerprint density at radius 2 is 1.78 bits per heavy atom. The fraction of sp³-hybridized carbons (Fsp3) is 0.457. The van der Waals surface area contributed by atoms with Gasteiger partial charge < -0.3 is 33.5 Å². The van der Waals surface area contributed by atoms with Crippen LogP contribution < -0.4 is 9.64 Å². The number of hydrogen-bond acceptors (Lipinski definition) is 6. The van der Waals surface area contributed by atoms with Gasteiger partial charge in [-0.25, -0.2) is 4.79 Å². The number of ether oxygens (including phenoxy) is 2. The number of carbonyl (C=O) groups is 2. The van der Waals surface area contributed by atoms with Crippen molar-refractivity contribution in [1.29, 1.82) is 0 Å². The van der Waals surface area contributed by atoms with Crippen molar-refractivity contribution < 1.29 is 24.2 Å². The van der Waals surface area contributed by atoms with E-state index in [1.165, 1.54) is 0 Å². The molecule has 5 aromatic rings. The van der Waals surface area contributed by atoms with Gasteiger partial charge in [-0.2, -0.15) is 5.10 Å².